The van der Waals surface area contributed by atoms with E-state index in [2.05, 4.69) is 20.4 Å². The Morgan fingerprint density at radius 3 is 2.86 bits per heavy atom. The summed E-state index contributed by atoms with van der Waals surface area (Å²) in [6.07, 6.45) is 4.66. The quantitative estimate of drug-likeness (QED) is 0.931. The Kier molecular flexibility index (Phi) is 4.18. The van der Waals surface area contributed by atoms with Crippen molar-refractivity contribution in [1.29, 1.82) is 0 Å². The van der Waals surface area contributed by atoms with Crippen LogP contribution >= 0.6 is 0 Å². The van der Waals surface area contributed by atoms with Gasteiger partial charge in [0.2, 0.25) is 5.91 Å². The minimum absolute atomic E-state index is 0.116. The average Bonchev–Trinajstić information content (AvgIpc) is 2.90. The molecule has 22 heavy (non-hydrogen) atoms. The number of carbonyl (C=O) groups is 1. The summed E-state index contributed by atoms with van der Waals surface area (Å²) in [5.74, 6) is 1.13. The van der Waals surface area contributed by atoms with E-state index in [1.54, 1.807) is 6.07 Å². The second-order valence-electron chi connectivity index (χ2n) is 5.75. The van der Waals surface area contributed by atoms with Gasteiger partial charge in [0.15, 0.2) is 0 Å². The van der Waals surface area contributed by atoms with E-state index in [-0.39, 0.29) is 12.3 Å². The molecule has 0 atom stereocenters. The zero-order valence-electron chi connectivity index (χ0n) is 13.0. The van der Waals surface area contributed by atoms with Gasteiger partial charge in [-0.2, -0.15) is 0 Å². The standard InChI is InChI=1S/C16H20N4O2/c1-10-7-12(22-20-10)8-16(21)17-9-15-18-11(2)13-5-3-4-6-14(13)19-15/h7H,3-6,8-9H2,1-2H3,(H,17,21). The summed E-state index contributed by atoms with van der Waals surface area (Å²) in [7, 11) is 0. The summed E-state index contributed by atoms with van der Waals surface area (Å²) in [4.78, 5) is 21.0. The molecule has 0 fully saturated rings. The monoisotopic (exact) mass is 300 g/mol. The number of aryl methyl sites for hydroxylation is 3. The first-order valence-electron chi connectivity index (χ1n) is 7.66. The van der Waals surface area contributed by atoms with E-state index in [0.29, 0.717) is 18.1 Å². The lowest BCUT2D eigenvalue weighted by Crippen LogP contribution is -2.26. The van der Waals surface area contributed by atoms with Gasteiger partial charge in [-0.1, -0.05) is 5.16 Å². The summed E-state index contributed by atoms with van der Waals surface area (Å²) in [5, 5.41) is 6.61. The van der Waals surface area contributed by atoms with Crippen molar-refractivity contribution >= 4 is 5.91 Å². The zero-order valence-corrected chi connectivity index (χ0v) is 13.0. The molecule has 2 aromatic heterocycles. The molecule has 0 bridgehead atoms. The third kappa shape index (κ3) is 3.32. The van der Waals surface area contributed by atoms with Gasteiger partial charge in [0.25, 0.3) is 0 Å². The molecule has 0 aromatic carbocycles. The fraction of sp³-hybridized carbons (Fsp3) is 0.500. The number of hydrogen-bond acceptors (Lipinski definition) is 5. The van der Waals surface area contributed by atoms with Crippen molar-refractivity contribution in [2.24, 2.45) is 0 Å². The number of aromatic nitrogens is 3. The highest BCUT2D eigenvalue weighted by Crippen LogP contribution is 2.21. The Balaban J connectivity index is 1.61. The number of nitrogens with one attached hydrogen (secondary N) is 1. The number of rotatable bonds is 4. The van der Waals surface area contributed by atoms with Gasteiger partial charge in [-0.25, -0.2) is 9.97 Å². The van der Waals surface area contributed by atoms with Crippen LogP contribution in [0.15, 0.2) is 10.6 Å². The van der Waals surface area contributed by atoms with E-state index >= 15 is 0 Å². The summed E-state index contributed by atoms with van der Waals surface area (Å²) in [5.41, 5.74) is 4.25. The fourth-order valence-corrected chi connectivity index (χ4v) is 2.82. The highest BCUT2D eigenvalue weighted by atomic mass is 16.5. The van der Waals surface area contributed by atoms with Gasteiger partial charge in [0.05, 0.1) is 18.7 Å². The molecular weight excluding hydrogens is 280 g/mol. The van der Waals surface area contributed by atoms with Gasteiger partial charge in [-0.05, 0) is 45.1 Å². The second kappa shape index (κ2) is 6.25. The number of carbonyl (C=O) groups excluding carboxylic acids is 1. The Labute approximate surface area is 129 Å². The van der Waals surface area contributed by atoms with Crippen LogP contribution in [0.25, 0.3) is 0 Å². The SMILES string of the molecule is Cc1cc(CC(=O)NCc2nc(C)c3c(n2)CCCC3)on1. The molecule has 1 N–H and O–H groups in total. The number of amides is 1. The van der Waals surface area contributed by atoms with Crippen molar-refractivity contribution in [1.82, 2.24) is 20.4 Å². The molecule has 2 aromatic rings. The van der Waals surface area contributed by atoms with Crippen LogP contribution in [-0.2, 0) is 30.6 Å². The molecule has 6 heteroatoms. The summed E-state index contributed by atoms with van der Waals surface area (Å²) >= 11 is 0. The van der Waals surface area contributed by atoms with Gasteiger partial charge in [0, 0.05) is 17.5 Å². The normalized spacial score (nSPS) is 13.7. The number of hydrogen-bond donors (Lipinski definition) is 1. The first-order valence-corrected chi connectivity index (χ1v) is 7.66. The van der Waals surface area contributed by atoms with Crippen LogP contribution in [0.3, 0.4) is 0 Å². The summed E-state index contributed by atoms with van der Waals surface area (Å²) < 4.78 is 5.04. The molecule has 0 radical (unpaired) electrons. The van der Waals surface area contributed by atoms with Crippen LogP contribution in [0.4, 0.5) is 0 Å². The van der Waals surface area contributed by atoms with Crippen molar-refractivity contribution < 1.29 is 9.32 Å². The largest absolute Gasteiger partial charge is 0.361 e. The zero-order chi connectivity index (χ0) is 15.5. The number of fused-ring (bicyclic) bond motifs is 1. The second-order valence-corrected chi connectivity index (χ2v) is 5.75. The van der Waals surface area contributed by atoms with Crippen molar-refractivity contribution in [3.63, 3.8) is 0 Å². The maximum atomic E-state index is 11.9. The summed E-state index contributed by atoms with van der Waals surface area (Å²) in [6, 6.07) is 1.76. The molecule has 0 unspecified atom stereocenters. The Morgan fingerprint density at radius 1 is 1.27 bits per heavy atom. The molecule has 6 nitrogen and oxygen atoms in total. The van der Waals surface area contributed by atoms with Gasteiger partial charge < -0.3 is 9.84 Å². The molecule has 0 saturated carbocycles. The number of nitrogens with zero attached hydrogens (tertiary/aromatic N) is 3. The third-order valence-corrected chi connectivity index (χ3v) is 3.89. The first kappa shape index (κ1) is 14.7. The Hall–Kier alpha value is -2.24. The lowest BCUT2D eigenvalue weighted by molar-refractivity contribution is -0.120. The maximum Gasteiger partial charge on any atom is 0.228 e. The minimum atomic E-state index is -0.116. The average molecular weight is 300 g/mol. The van der Waals surface area contributed by atoms with Crippen LogP contribution in [0.2, 0.25) is 0 Å². The molecule has 0 spiro atoms. The van der Waals surface area contributed by atoms with Crippen molar-refractivity contribution in [3.8, 4) is 0 Å². The Bertz CT molecular complexity index is 693. The lowest BCUT2D eigenvalue weighted by atomic mass is 9.95. The van der Waals surface area contributed by atoms with E-state index in [1.807, 2.05) is 13.8 Å². The predicted octanol–water partition coefficient (Wildman–Crippen LogP) is 1.82. The first-order chi connectivity index (χ1) is 10.6. The molecule has 1 aliphatic carbocycles. The highest BCUT2D eigenvalue weighted by Gasteiger charge is 2.16. The summed E-state index contributed by atoms with van der Waals surface area (Å²) in [6.45, 7) is 4.20. The molecule has 1 aliphatic rings. The van der Waals surface area contributed by atoms with Crippen molar-refractivity contribution in [2.45, 2.75) is 52.5 Å². The third-order valence-electron chi connectivity index (χ3n) is 3.89. The van der Waals surface area contributed by atoms with Crippen molar-refractivity contribution in [3.05, 3.63) is 40.3 Å². The highest BCUT2D eigenvalue weighted by molar-refractivity contribution is 5.77. The smallest absolute Gasteiger partial charge is 0.228 e. The maximum absolute atomic E-state index is 11.9. The van der Waals surface area contributed by atoms with E-state index in [4.69, 9.17) is 4.52 Å². The minimum Gasteiger partial charge on any atom is -0.361 e. The molecule has 0 aliphatic heterocycles. The molecule has 1 amide bonds. The van der Waals surface area contributed by atoms with Crippen molar-refractivity contribution in [2.75, 3.05) is 0 Å². The van der Waals surface area contributed by atoms with Gasteiger partial charge >= 0.3 is 0 Å². The van der Waals surface area contributed by atoms with Crippen LogP contribution in [0, 0.1) is 13.8 Å². The van der Waals surface area contributed by atoms with Gasteiger partial charge in [0.1, 0.15) is 11.6 Å². The van der Waals surface area contributed by atoms with Crippen LogP contribution in [-0.4, -0.2) is 21.0 Å². The fourth-order valence-electron chi connectivity index (χ4n) is 2.82. The van der Waals surface area contributed by atoms with E-state index < -0.39 is 0 Å². The molecule has 116 valence electrons. The van der Waals surface area contributed by atoms with E-state index in [0.717, 1.165) is 29.9 Å². The molecule has 3 rings (SSSR count). The molecular formula is C16H20N4O2. The predicted molar refractivity (Wildman–Crippen MR) is 80.2 cm³/mol. The lowest BCUT2D eigenvalue weighted by Gasteiger charge is -2.17. The van der Waals surface area contributed by atoms with Gasteiger partial charge in [-0.15, -0.1) is 0 Å². The molecule has 2 heterocycles. The Morgan fingerprint density at radius 2 is 2.09 bits per heavy atom. The van der Waals surface area contributed by atoms with Gasteiger partial charge in [-0.3, -0.25) is 4.79 Å². The van der Waals surface area contributed by atoms with Crippen LogP contribution in [0.5, 0.6) is 0 Å². The topological polar surface area (TPSA) is 80.9 Å². The van der Waals surface area contributed by atoms with Crippen LogP contribution < -0.4 is 5.32 Å². The van der Waals surface area contributed by atoms with E-state index in [1.165, 1.54) is 18.4 Å². The molecule has 0 saturated heterocycles. The van der Waals surface area contributed by atoms with Crippen LogP contribution in [0.1, 0.15) is 47.1 Å². The van der Waals surface area contributed by atoms with E-state index in [9.17, 15) is 4.79 Å².